The zero-order valence-electron chi connectivity index (χ0n) is 21.3. The monoisotopic (exact) mass is 486 g/mol. The smallest absolute Gasteiger partial charge is 0.310 e. The van der Waals surface area contributed by atoms with Crippen LogP contribution in [0.4, 0.5) is 0 Å². The Morgan fingerprint density at radius 1 is 1.00 bits per heavy atom. The number of aryl methyl sites for hydroxylation is 2. The molecule has 0 aliphatic carbocycles. The van der Waals surface area contributed by atoms with Gasteiger partial charge in [0.1, 0.15) is 12.4 Å². The summed E-state index contributed by atoms with van der Waals surface area (Å²) in [6.07, 6.45) is 2.91. The Balaban J connectivity index is 1.57. The van der Waals surface area contributed by atoms with Crippen LogP contribution >= 0.6 is 0 Å². The molecule has 1 aromatic heterocycles. The number of nitrogens with two attached hydrogens (primary N) is 1. The molecule has 188 valence electrons. The van der Waals surface area contributed by atoms with Gasteiger partial charge in [-0.2, -0.15) is 0 Å². The van der Waals surface area contributed by atoms with Crippen LogP contribution in [0.1, 0.15) is 28.7 Å². The summed E-state index contributed by atoms with van der Waals surface area (Å²) in [6, 6.07) is 20.7. The van der Waals surface area contributed by atoms with E-state index in [9.17, 15) is 4.79 Å². The van der Waals surface area contributed by atoms with Crippen LogP contribution in [0.5, 0.6) is 5.75 Å². The fraction of sp³-hybridized carbons (Fsp3) is 0.300. The molecular weight excluding hydrogens is 452 g/mol. The van der Waals surface area contributed by atoms with Gasteiger partial charge in [0.25, 0.3) is 0 Å². The first-order chi connectivity index (χ1) is 17.5. The van der Waals surface area contributed by atoms with E-state index in [1.807, 2.05) is 44.3 Å². The molecule has 36 heavy (non-hydrogen) atoms. The largest absolute Gasteiger partial charge is 0.489 e. The summed E-state index contributed by atoms with van der Waals surface area (Å²) in [4.78, 5) is 12.4. The predicted octanol–water partition coefficient (Wildman–Crippen LogP) is 5.31. The zero-order chi connectivity index (χ0) is 25.5. The van der Waals surface area contributed by atoms with Crippen LogP contribution in [0.25, 0.3) is 22.0 Å². The summed E-state index contributed by atoms with van der Waals surface area (Å²) in [5.74, 6) is 0.426. The minimum atomic E-state index is -0.271. The van der Waals surface area contributed by atoms with Gasteiger partial charge < -0.3 is 24.5 Å². The number of hydrogen-bond acceptors (Lipinski definition) is 5. The van der Waals surface area contributed by atoms with Crippen molar-refractivity contribution in [1.82, 2.24) is 4.57 Å². The number of esters is 1. The number of fused-ring (bicyclic) bond motifs is 1. The minimum Gasteiger partial charge on any atom is -0.489 e. The minimum absolute atomic E-state index is 0.163. The quantitative estimate of drug-likeness (QED) is 0.230. The molecule has 4 rings (SSSR count). The molecule has 0 aliphatic heterocycles. The van der Waals surface area contributed by atoms with Gasteiger partial charge in [-0.1, -0.05) is 30.3 Å². The van der Waals surface area contributed by atoms with Crippen LogP contribution in [-0.2, 0) is 40.9 Å². The molecule has 4 aromatic rings. The van der Waals surface area contributed by atoms with E-state index in [-0.39, 0.29) is 12.4 Å². The maximum absolute atomic E-state index is 12.4. The van der Waals surface area contributed by atoms with Crippen molar-refractivity contribution in [2.24, 2.45) is 12.8 Å². The molecule has 6 nitrogen and oxygen atoms in total. The normalized spacial score (nSPS) is 11.1. The molecule has 0 spiro atoms. The summed E-state index contributed by atoms with van der Waals surface area (Å²) in [7, 11) is 3.68. The number of benzene rings is 3. The second kappa shape index (κ2) is 11.9. The summed E-state index contributed by atoms with van der Waals surface area (Å²) in [5, 5.41) is 1.18. The molecule has 2 N–H and O–H groups in total. The van der Waals surface area contributed by atoms with E-state index >= 15 is 0 Å². The Morgan fingerprint density at radius 3 is 2.67 bits per heavy atom. The highest BCUT2D eigenvalue weighted by atomic mass is 16.5. The standard InChI is InChI=1S/C30H34N2O4/c1-21-8-9-25(18-30(33)35-13-5-12-34-3)29(14-21)36-20-23-16-27(24-7-4-6-22(15-24)19-31)26-10-11-32(2)28(26)17-23/h4,6-11,14-17H,5,12-13,18-20,31H2,1-3H3. The number of carbonyl (C=O) groups excluding carboxylic acids is 1. The number of rotatable bonds is 11. The van der Waals surface area contributed by atoms with Crippen molar-refractivity contribution in [2.75, 3.05) is 20.3 Å². The van der Waals surface area contributed by atoms with Crippen molar-refractivity contribution >= 4 is 16.9 Å². The van der Waals surface area contributed by atoms with Gasteiger partial charge in [-0.25, -0.2) is 0 Å². The Labute approximate surface area is 212 Å². The third kappa shape index (κ3) is 6.14. The van der Waals surface area contributed by atoms with Gasteiger partial charge in [-0.15, -0.1) is 0 Å². The van der Waals surface area contributed by atoms with E-state index < -0.39 is 0 Å². The fourth-order valence-electron chi connectivity index (χ4n) is 4.32. The average molecular weight is 487 g/mol. The highest BCUT2D eigenvalue weighted by Crippen LogP contribution is 2.32. The zero-order valence-corrected chi connectivity index (χ0v) is 21.3. The highest BCUT2D eigenvalue weighted by Gasteiger charge is 2.13. The fourth-order valence-corrected chi connectivity index (χ4v) is 4.32. The van der Waals surface area contributed by atoms with E-state index in [0.29, 0.717) is 38.5 Å². The molecule has 0 atom stereocenters. The first-order valence-corrected chi connectivity index (χ1v) is 12.2. The number of nitrogens with zero attached hydrogens (tertiary/aromatic N) is 1. The molecule has 6 heteroatoms. The van der Waals surface area contributed by atoms with E-state index in [4.69, 9.17) is 19.9 Å². The molecule has 3 aromatic carbocycles. The maximum atomic E-state index is 12.4. The van der Waals surface area contributed by atoms with Crippen LogP contribution in [0.2, 0.25) is 0 Å². The Hall–Kier alpha value is -3.61. The first kappa shape index (κ1) is 25.5. The number of carbonyl (C=O) groups is 1. The lowest BCUT2D eigenvalue weighted by atomic mass is 9.97. The van der Waals surface area contributed by atoms with Crippen molar-refractivity contribution in [3.63, 3.8) is 0 Å². The maximum Gasteiger partial charge on any atom is 0.310 e. The molecule has 0 unspecified atom stereocenters. The van der Waals surface area contributed by atoms with Crippen LogP contribution < -0.4 is 10.5 Å². The van der Waals surface area contributed by atoms with Crippen molar-refractivity contribution in [3.8, 4) is 16.9 Å². The van der Waals surface area contributed by atoms with E-state index in [1.165, 1.54) is 5.39 Å². The first-order valence-electron chi connectivity index (χ1n) is 12.2. The van der Waals surface area contributed by atoms with Gasteiger partial charge >= 0.3 is 5.97 Å². The second-order valence-corrected chi connectivity index (χ2v) is 9.05. The molecule has 0 saturated heterocycles. The molecule has 0 fully saturated rings. The van der Waals surface area contributed by atoms with Gasteiger partial charge in [-0.05, 0) is 65.1 Å². The van der Waals surface area contributed by atoms with Crippen LogP contribution in [0, 0.1) is 6.92 Å². The van der Waals surface area contributed by atoms with Crippen LogP contribution in [0.15, 0.2) is 66.9 Å². The molecule has 1 heterocycles. The Kier molecular flexibility index (Phi) is 8.41. The van der Waals surface area contributed by atoms with Crippen molar-refractivity contribution in [3.05, 3.63) is 89.1 Å². The second-order valence-electron chi connectivity index (χ2n) is 9.05. The molecule has 0 bridgehead atoms. The topological polar surface area (TPSA) is 75.7 Å². The number of aromatic nitrogens is 1. The van der Waals surface area contributed by atoms with Gasteiger partial charge in [0.15, 0.2) is 0 Å². The lowest BCUT2D eigenvalue weighted by molar-refractivity contribution is -0.143. The van der Waals surface area contributed by atoms with Gasteiger partial charge in [-0.3, -0.25) is 4.79 Å². The van der Waals surface area contributed by atoms with Crippen molar-refractivity contribution < 1.29 is 19.0 Å². The molecular formula is C30H34N2O4. The molecule has 0 radical (unpaired) electrons. The van der Waals surface area contributed by atoms with E-state index in [1.54, 1.807) is 7.11 Å². The highest BCUT2D eigenvalue weighted by molar-refractivity contribution is 5.96. The Morgan fingerprint density at radius 2 is 1.86 bits per heavy atom. The number of methoxy groups -OCH3 is 1. The third-order valence-corrected chi connectivity index (χ3v) is 6.24. The number of ether oxygens (including phenoxy) is 3. The van der Waals surface area contributed by atoms with E-state index in [2.05, 4.69) is 41.1 Å². The van der Waals surface area contributed by atoms with Crippen molar-refractivity contribution in [1.29, 1.82) is 0 Å². The van der Waals surface area contributed by atoms with Gasteiger partial charge in [0.2, 0.25) is 0 Å². The van der Waals surface area contributed by atoms with Crippen LogP contribution in [-0.4, -0.2) is 30.9 Å². The lowest BCUT2D eigenvalue weighted by Crippen LogP contribution is -2.11. The molecule has 0 amide bonds. The SMILES string of the molecule is COCCCOC(=O)Cc1ccc(C)cc1OCc1cc(-c2cccc(CN)c2)c2ccn(C)c2c1. The Bertz CT molecular complexity index is 1340. The van der Waals surface area contributed by atoms with Crippen LogP contribution in [0.3, 0.4) is 0 Å². The summed E-state index contributed by atoms with van der Waals surface area (Å²) >= 11 is 0. The summed E-state index contributed by atoms with van der Waals surface area (Å²) in [5.41, 5.74) is 13.3. The van der Waals surface area contributed by atoms with Crippen molar-refractivity contribution in [2.45, 2.75) is 32.9 Å². The third-order valence-electron chi connectivity index (χ3n) is 6.24. The number of hydrogen-bond donors (Lipinski definition) is 1. The average Bonchev–Trinajstić information content (AvgIpc) is 3.26. The van der Waals surface area contributed by atoms with E-state index in [0.717, 1.165) is 38.9 Å². The summed E-state index contributed by atoms with van der Waals surface area (Å²) in [6.45, 7) is 3.80. The van der Waals surface area contributed by atoms with Gasteiger partial charge in [0.05, 0.1) is 13.0 Å². The summed E-state index contributed by atoms with van der Waals surface area (Å²) < 4.78 is 18.8. The molecule has 0 saturated carbocycles. The lowest BCUT2D eigenvalue weighted by Gasteiger charge is -2.14. The molecule has 0 aliphatic rings. The van der Waals surface area contributed by atoms with Gasteiger partial charge in [0, 0.05) is 56.4 Å². The predicted molar refractivity (Wildman–Crippen MR) is 143 cm³/mol.